The zero-order valence-corrected chi connectivity index (χ0v) is 16.5. The Balaban J connectivity index is 1.75. The summed E-state index contributed by atoms with van der Waals surface area (Å²) >= 11 is 1.46. The number of carbonyl (C=O) groups excluding carboxylic acids is 1. The molecule has 5 nitrogen and oxygen atoms in total. The molecule has 6 heteroatoms. The van der Waals surface area contributed by atoms with E-state index in [1.165, 1.54) is 11.3 Å². The van der Waals surface area contributed by atoms with Crippen molar-refractivity contribution in [3.8, 4) is 11.8 Å². The van der Waals surface area contributed by atoms with E-state index in [2.05, 4.69) is 11.1 Å². The largest absolute Gasteiger partial charge is 0.497 e. The highest BCUT2D eigenvalue weighted by atomic mass is 32.1. The van der Waals surface area contributed by atoms with Crippen LogP contribution in [0, 0.1) is 11.3 Å². The van der Waals surface area contributed by atoms with Crippen molar-refractivity contribution in [3.05, 3.63) is 89.5 Å². The van der Waals surface area contributed by atoms with Crippen LogP contribution in [-0.2, 0) is 6.54 Å². The Hall–Kier alpha value is -3.69. The molecule has 0 saturated heterocycles. The van der Waals surface area contributed by atoms with E-state index in [0.29, 0.717) is 22.8 Å². The third kappa shape index (κ3) is 3.96. The second-order valence-electron chi connectivity index (χ2n) is 6.40. The van der Waals surface area contributed by atoms with Gasteiger partial charge in [-0.1, -0.05) is 41.7 Å². The zero-order valence-electron chi connectivity index (χ0n) is 15.7. The SMILES string of the molecule is COc1ccc2sc(N(Cc3ccccc3)C(=O)c3ccc(C#N)cc3)nc2c1. The van der Waals surface area contributed by atoms with Gasteiger partial charge in [0.1, 0.15) is 5.75 Å². The molecule has 0 aliphatic carbocycles. The van der Waals surface area contributed by atoms with Crippen molar-refractivity contribution in [2.45, 2.75) is 6.54 Å². The summed E-state index contributed by atoms with van der Waals surface area (Å²) in [5, 5.41) is 9.63. The van der Waals surface area contributed by atoms with Crippen LogP contribution in [0.3, 0.4) is 0 Å². The molecule has 4 aromatic rings. The molecule has 142 valence electrons. The lowest BCUT2D eigenvalue weighted by molar-refractivity contribution is 0.0985. The Morgan fingerprint density at radius 2 is 1.86 bits per heavy atom. The van der Waals surface area contributed by atoms with E-state index in [1.54, 1.807) is 36.3 Å². The molecule has 0 atom stereocenters. The summed E-state index contributed by atoms with van der Waals surface area (Å²) < 4.78 is 6.26. The van der Waals surface area contributed by atoms with E-state index in [-0.39, 0.29) is 5.91 Å². The fourth-order valence-electron chi connectivity index (χ4n) is 2.97. The molecule has 0 saturated carbocycles. The molecule has 29 heavy (non-hydrogen) atoms. The second kappa shape index (κ2) is 8.13. The third-order valence-electron chi connectivity index (χ3n) is 4.50. The Morgan fingerprint density at radius 1 is 1.10 bits per heavy atom. The van der Waals surface area contributed by atoms with E-state index in [1.807, 2.05) is 48.5 Å². The number of nitriles is 1. The summed E-state index contributed by atoms with van der Waals surface area (Å²) in [5.74, 6) is 0.562. The van der Waals surface area contributed by atoms with Gasteiger partial charge in [-0.25, -0.2) is 4.98 Å². The van der Waals surface area contributed by atoms with Crippen LogP contribution in [0.25, 0.3) is 10.2 Å². The monoisotopic (exact) mass is 399 g/mol. The molecule has 0 N–H and O–H groups in total. The van der Waals surface area contributed by atoms with Crippen LogP contribution >= 0.6 is 11.3 Å². The van der Waals surface area contributed by atoms with Crippen molar-refractivity contribution < 1.29 is 9.53 Å². The summed E-state index contributed by atoms with van der Waals surface area (Å²) in [6.07, 6.45) is 0. The number of methoxy groups -OCH3 is 1. The molecule has 0 fully saturated rings. The van der Waals surface area contributed by atoms with Crippen LogP contribution in [0.15, 0.2) is 72.8 Å². The van der Waals surface area contributed by atoms with Crippen molar-refractivity contribution >= 4 is 32.6 Å². The number of rotatable bonds is 5. The summed E-state index contributed by atoms with van der Waals surface area (Å²) in [6.45, 7) is 0.399. The predicted octanol–water partition coefficient (Wildman–Crippen LogP) is 5.02. The lowest BCUT2D eigenvalue weighted by atomic mass is 10.1. The minimum absolute atomic E-state index is 0.163. The highest BCUT2D eigenvalue weighted by molar-refractivity contribution is 7.22. The number of anilines is 1. The number of thiazole rings is 1. The smallest absolute Gasteiger partial charge is 0.260 e. The van der Waals surface area contributed by atoms with Crippen LogP contribution in [0.5, 0.6) is 5.75 Å². The molecule has 1 aromatic heterocycles. The van der Waals surface area contributed by atoms with Gasteiger partial charge in [-0.3, -0.25) is 9.69 Å². The molecule has 1 heterocycles. The van der Waals surface area contributed by atoms with Crippen molar-refractivity contribution in [3.63, 3.8) is 0 Å². The Labute approximate surface area is 172 Å². The fraction of sp³-hybridized carbons (Fsp3) is 0.0870. The van der Waals surface area contributed by atoms with Gasteiger partial charge in [0.2, 0.25) is 0 Å². The standard InChI is InChI=1S/C23H17N3O2S/c1-28-19-11-12-21-20(13-19)25-23(29-21)26(15-17-5-3-2-4-6-17)22(27)18-9-7-16(14-24)8-10-18/h2-13H,15H2,1H3. The van der Waals surface area contributed by atoms with Crippen LogP contribution < -0.4 is 9.64 Å². The first-order valence-corrected chi connectivity index (χ1v) is 9.80. The van der Waals surface area contributed by atoms with Crippen molar-refractivity contribution in [2.75, 3.05) is 12.0 Å². The van der Waals surface area contributed by atoms with Crippen LogP contribution in [0.2, 0.25) is 0 Å². The van der Waals surface area contributed by atoms with Crippen LogP contribution in [-0.4, -0.2) is 18.0 Å². The number of benzene rings is 3. The summed E-state index contributed by atoms with van der Waals surface area (Å²) in [5.41, 5.74) is 2.82. The highest BCUT2D eigenvalue weighted by Crippen LogP contribution is 2.32. The number of hydrogen-bond donors (Lipinski definition) is 0. The van der Waals surface area contributed by atoms with E-state index in [9.17, 15) is 4.79 Å². The zero-order chi connectivity index (χ0) is 20.2. The van der Waals surface area contributed by atoms with E-state index < -0.39 is 0 Å². The molecular weight excluding hydrogens is 382 g/mol. The molecule has 0 bridgehead atoms. The van der Waals surface area contributed by atoms with Crippen LogP contribution in [0.4, 0.5) is 5.13 Å². The van der Waals surface area contributed by atoms with Gasteiger partial charge in [-0.2, -0.15) is 5.26 Å². The first kappa shape index (κ1) is 18.7. The molecule has 4 rings (SSSR count). The highest BCUT2D eigenvalue weighted by Gasteiger charge is 2.22. The first-order chi connectivity index (χ1) is 14.2. The first-order valence-electron chi connectivity index (χ1n) is 8.98. The summed E-state index contributed by atoms with van der Waals surface area (Å²) in [6, 6.07) is 24.2. The lowest BCUT2D eigenvalue weighted by Crippen LogP contribution is -2.30. The maximum Gasteiger partial charge on any atom is 0.260 e. The number of ether oxygens (including phenoxy) is 1. The molecule has 3 aromatic carbocycles. The van der Waals surface area contributed by atoms with E-state index in [4.69, 9.17) is 10.00 Å². The molecular formula is C23H17N3O2S. The average Bonchev–Trinajstić information content (AvgIpc) is 3.20. The van der Waals surface area contributed by atoms with Gasteiger partial charge in [0.05, 0.1) is 35.5 Å². The van der Waals surface area contributed by atoms with Gasteiger partial charge in [0.25, 0.3) is 5.91 Å². The van der Waals surface area contributed by atoms with E-state index >= 15 is 0 Å². The van der Waals surface area contributed by atoms with Crippen LogP contribution in [0.1, 0.15) is 21.5 Å². The average molecular weight is 399 g/mol. The molecule has 0 spiro atoms. The van der Waals surface area contributed by atoms with Crippen molar-refractivity contribution in [2.24, 2.45) is 0 Å². The predicted molar refractivity (Wildman–Crippen MR) is 114 cm³/mol. The van der Waals surface area contributed by atoms with Gasteiger partial charge >= 0.3 is 0 Å². The third-order valence-corrected chi connectivity index (χ3v) is 5.56. The Kier molecular flexibility index (Phi) is 5.23. The number of fused-ring (bicyclic) bond motifs is 1. The minimum atomic E-state index is -0.163. The van der Waals surface area contributed by atoms with Gasteiger partial charge < -0.3 is 4.74 Å². The van der Waals surface area contributed by atoms with Gasteiger partial charge in [0, 0.05) is 11.6 Å². The number of nitrogens with zero attached hydrogens (tertiary/aromatic N) is 3. The molecule has 0 unspecified atom stereocenters. The maximum absolute atomic E-state index is 13.3. The fourth-order valence-corrected chi connectivity index (χ4v) is 3.92. The normalized spacial score (nSPS) is 10.5. The number of aromatic nitrogens is 1. The summed E-state index contributed by atoms with van der Waals surface area (Å²) in [4.78, 5) is 19.7. The minimum Gasteiger partial charge on any atom is -0.497 e. The Morgan fingerprint density at radius 3 is 2.55 bits per heavy atom. The Bertz CT molecular complexity index is 1190. The second-order valence-corrected chi connectivity index (χ2v) is 7.41. The molecule has 0 aliphatic heterocycles. The van der Waals surface area contributed by atoms with E-state index in [0.717, 1.165) is 21.5 Å². The van der Waals surface area contributed by atoms with Crippen molar-refractivity contribution in [1.82, 2.24) is 4.98 Å². The molecule has 0 aliphatic rings. The topological polar surface area (TPSA) is 66.2 Å². The van der Waals surface area contributed by atoms with Gasteiger partial charge in [0.15, 0.2) is 5.13 Å². The maximum atomic E-state index is 13.3. The quantitative estimate of drug-likeness (QED) is 0.472. The molecule has 1 amide bonds. The summed E-state index contributed by atoms with van der Waals surface area (Å²) in [7, 11) is 1.62. The van der Waals surface area contributed by atoms with Gasteiger partial charge in [-0.05, 0) is 42.0 Å². The number of carbonyl (C=O) groups is 1. The van der Waals surface area contributed by atoms with Gasteiger partial charge in [-0.15, -0.1) is 0 Å². The number of amides is 1. The molecule has 0 radical (unpaired) electrons. The number of hydrogen-bond acceptors (Lipinski definition) is 5. The lowest BCUT2D eigenvalue weighted by Gasteiger charge is -2.20. The van der Waals surface area contributed by atoms with Crippen molar-refractivity contribution in [1.29, 1.82) is 5.26 Å².